The van der Waals surface area contributed by atoms with Gasteiger partial charge in [0.1, 0.15) is 6.10 Å². The number of hydrogen-bond donors (Lipinski definition) is 0. The Balaban J connectivity index is 1.80. The summed E-state index contributed by atoms with van der Waals surface area (Å²) in [5, 5.41) is 0.165. The maximum absolute atomic E-state index is 6.87. The number of fused-ring (bicyclic) bond motifs is 1. The zero-order valence-corrected chi connectivity index (χ0v) is 29.6. The predicted molar refractivity (Wildman–Crippen MR) is 168 cm³/mol. The monoisotopic (exact) mass is 576 g/mol. The Morgan fingerprint density at radius 1 is 0.868 bits per heavy atom. The molecule has 3 rings (SSSR count). The van der Waals surface area contributed by atoms with Crippen molar-refractivity contribution in [1.29, 1.82) is 0 Å². The summed E-state index contributed by atoms with van der Waals surface area (Å²) in [4.78, 5) is 0. The van der Waals surface area contributed by atoms with Crippen LogP contribution in [-0.4, -0.2) is 37.2 Å². The quantitative estimate of drug-likeness (QED) is 0.256. The molecule has 38 heavy (non-hydrogen) atoms. The zero-order chi connectivity index (χ0) is 28.7. The summed E-state index contributed by atoms with van der Waals surface area (Å²) >= 11 is 0. The van der Waals surface area contributed by atoms with E-state index in [9.17, 15) is 0 Å². The summed E-state index contributed by atoms with van der Waals surface area (Å²) < 4.78 is 26.5. The van der Waals surface area contributed by atoms with E-state index in [0.29, 0.717) is 29.6 Å². The summed E-state index contributed by atoms with van der Waals surface area (Å²) in [6.45, 7) is 29.7. The fourth-order valence-corrected chi connectivity index (χ4v) is 8.37. The highest BCUT2D eigenvalue weighted by atomic mass is 28.4. The Hall–Kier alpha value is -1.03. The van der Waals surface area contributed by atoms with Crippen LogP contribution in [0.15, 0.2) is 47.7 Å². The van der Waals surface area contributed by atoms with Crippen LogP contribution in [0, 0.1) is 23.7 Å². The van der Waals surface area contributed by atoms with Gasteiger partial charge in [0.05, 0.1) is 11.9 Å². The van der Waals surface area contributed by atoms with Gasteiger partial charge in [-0.1, -0.05) is 52.8 Å². The molecule has 0 saturated carbocycles. The van der Waals surface area contributed by atoms with Gasteiger partial charge in [-0.2, -0.15) is 0 Å². The van der Waals surface area contributed by atoms with Crippen molar-refractivity contribution in [2.45, 2.75) is 124 Å². The standard InChI is InChI=1S/C31H56O4Si3/c1-22-18-24-15-14-23(2)27(30(24)28(19-22)34-36(6,7)8)17-16-25-20-26(33-38(12,13)31(3,4)5)21-29(32-25)35-37(9,10)11/h14-15,18-19,21-23,25-27,30H,16-17,20H2,1-13H3/t22-,23-,25+,26+,27-,30-/m0/s1. The van der Waals surface area contributed by atoms with Crippen molar-refractivity contribution in [3.63, 3.8) is 0 Å². The third-order valence-corrected chi connectivity index (χ3v) is 14.4. The van der Waals surface area contributed by atoms with E-state index >= 15 is 0 Å². The van der Waals surface area contributed by atoms with E-state index in [1.807, 2.05) is 0 Å². The van der Waals surface area contributed by atoms with Gasteiger partial charge in [-0.25, -0.2) is 0 Å². The van der Waals surface area contributed by atoms with E-state index in [4.69, 9.17) is 18.0 Å². The Kier molecular flexibility index (Phi) is 9.49. The molecule has 0 N–H and O–H groups in total. The molecule has 0 unspecified atom stereocenters. The summed E-state index contributed by atoms with van der Waals surface area (Å²) in [6.07, 6.45) is 14.8. The molecule has 7 heteroatoms. The average molecular weight is 577 g/mol. The van der Waals surface area contributed by atoms with Gasteiger partial charge in [-0.3, -0.25) is 0 Å². The van der Waals surface area contributed by atoms with Crippen molar-refractivity contribution < 1.29 is 18.0 Å². The highest BCUT2D eigenvalue weighted by molar-refractivity contribution is 6.74. The van der Waals surface area contributed by atoms with Crippen molar-refractivity contribution in [3.8, 4) is 0 Å². The lowest BCUT2D eigenvalue weighted by Crippen LogP contribution is -2.45. The van der Waals surface area contributed by atoms with Crippen LogP contribution in [0.4, 0.5) is 0 Å². The van der Waals surface area contributed by atoms with Gasteiger partial charge in [0, 0.05) is 18.4 Å². The van der Waals surface area contributed by atoms with Gasteiger partial charge >= 0.3 is 0 Å². The van der Waals surface area contributed by atoms with Crippen molar-refractivity contribution in [3.05, 3.63) is 47.7 Å². The fourth-order valence-electron chi connectivity index (χ4n) is 5.47. The molecule has 216 valence electrons. The molecule has 0 aromatic heterocycles. The molecule has 0 spiro atoms. The van der Waals surface area contributed by atoms with Gasteiger partial charge in [0.2, 0.25) is 16.6 Å². The minimum absolute atomic E-state index is 0.0429. The molecule has 0 amide bonds. The van der Waals surface area contributed by atoms with Crippen LogP contribution in [0.5, 0.6) is 0 Å². The van der Waals surface area contributed by atoms with Crippen molar-refractivity contribution in [2.24, 2.45) is 23.7 Å². The smallest absolute Gasteiger partial charge is 0.263 e. The Bertz CT molecular complexity index is 959. The van der Waals surface area contributed by atoms with E-state index in [2.05, 4.69) is 117 Å². The molecule has 1 aliphatic heterocycles. The summed E-state index contributed by atoms with van der Waals surface area (Å²) in [7, 11) is -5.43. The topological polar surface area (TPSA) is 36.9 Å². The van der Waals surface area contributed by atoms with E-state index < -0.39 is 25.0 Å². The minimum atomic E-state index is -1.92. The van der Waals surface area contributed by atoms with Crippen LogP contribution in [0.3, 0.4) is 0 Å². The van der Waals surface area contributed by atoms with Crippen LogP contribution in [-0.2, 0) is 18.0 Å². The Morgan fingerprint density at radius 2 is 1.50 bits per heavy atom. The van der Waals surface area contributed by atoms with Crippen LogP contribution in [0.2, 0.25) is 57.4 Å². The predicted octanol–water partition coefficient (Wildman–Crippen LogP) is 9.39. The minimum Gasteiger partial charge on any atom is -0.547 e. The van der Waals surface area contributed by atoms with E-state index in [0.717, 1.165) is 19.3 Å². The van der Waals surface area contributed by atoms with Gasteiger partial charge in [0.25, 0.3) is 5.95 Å². The van der Waals surface area contributed by atoms with Crippen molar-refractivity contribution >= 4 is 25.0 Å². The summed E-state index contributed by atoms with van der Waals surface area (Å²) in [5.41, 5.74) is 1.43. The lowest BCUT2D eigenvalue weighted by atomic mass is 9.68. The number of rotatable bonds is 9. The first-order chi connectivity index (χ1) is 17.2. The number of allylic oxidation sites excluding steroid dienone is 5. The van der Waals surface area contributed by atoms with Crippen LogP contribution in [0.25, 0.3) is 0 Å². The van der Waals surface area contributed by atoms with Crippen LogP contribution < -0.4 is 0 Å². The second kappa shape index (κ2) is 11.5. The Labute approximate surface area is 237 Å². The molecule has 0 bridgehead atoms. The fraction of sp³-hybridized carbons (Fsp3) is 0.742. The first kappa shape index (κ1) is 31.5. The maximum atomic E-state index is 6.87. The zero-order valence-electron chi connectivity index (χ0n) is 26.6. The highest BCUT2D eigenvalue weighted by Gasteiger charge is 2.42. The maximum Gasteiger partial charge on any atom is 0.263 e. The van der Waals surface area contributed by atoms with Crippen LogP contribution >= 0.6 is 0 Å². The molecule has 0 radical (unpaired) electrons. The molecule has 6 atom stereocenters. The molecule has 0 saturated heterocycles. The third kappa shape index (κ3) is 8.48. The molecule has 1 heterocycles. The largest absolute Gasteiger partial charge is 0.547 e. The normalized spacial score (nSPS) is 30.5. The first-order valence-corrected chi connectivity index (χ1v) is 24.5. The number of hydrogen-bond acceptors (Lipinski definition) is 4. The number of ether oxygens (including phenoxy) is 1. The highest BCUT2D eigenvalue weighted by Crippen LogP contribution is 2.46. The summed E-state index contributed by atoms with van der Waals surface area (Å²) in [6, 6.07) is 0. The first-order valence-electron chi connectivity index (χ1n) is 14.8. The molecule has 0 aromatic carbocycles. The van der Waals surface area contributed by atoms with Crippen LogP contribution in [0.1, 0.15) is 53.9 Å². The second-order valence-electron chi connectivity index (χ2n) is 15.3. The second-order valence-corrected chi connectivity index (χ2v) is 29.0. The SMILES string of the molecule is C[C@H]1C=C2C=C[C@H](C)[C@H](CC[C@@H]3C[C@@H](O[Si](C)(C)C(C)(C)C)C=C(O[Si](C)(C)C)O3)[C@H]2C(O[Si](C)(C)C)=C1. The van der Waals surface area contributed by atoms with Gasteiger partial charge in [-0.05, 0) is 99.7 Å². The average Bonchev–Trinajstić information content (AvgIpc) is 2.69. The Morgan fingerprint density at radius 3 is 2.08 bits per heavy atom. The summed E-state index contributed by atoms with van der Waals surface area (Å²) in [5.74, 6) is 3.64. The van der Waals surface area contributed by atoms with Gasteiger partial charge < -0.3 is 18.0 Å². The molecule has 4 nitrogen and oxygen atoms in total. The molecule has 0 aromatic rings. The molecular weight excluding hydrogens is 521 g/mol. The van der Waals surface area contributed by atoms with Crippen molar-refractivity contribution in [2.75, 3.05) is 0 Å². The molecule has 3 aliphatic rings. The third-order valence-electron chi connectivity index (χ3n) is 8.25. The van der Waals surface area contributed by atoms with Crippen molar-refractivity contribution in [1.82, 2.24) is 0 Å². The van der Waals surface area contributed by atoms with E-state index in [1.165, 1.54) is 11.3 Å². The van der Waals surface area contributed by atoms with E-state index in [1.54, 1.807) is 0 Å². The van der Waals surface area contributed by atoms with E-state index in [-0.39, 0.29) is 17.2 Å². The lowest BCUT2D eigenvalue weighted by Gasteiger charge is -2.42. The van der Waals surface area contributed by atoms with Gasteiger partial charge in [0.15, 0.2) is 8.32 Å². The molecule has 2 aliphatic carbocycles. The molecular formula is C31H56O4Si3. The lowest BCUT2D eigenvalue weighted by molar-refractivity contribution is -0.0147. The molecule has 0 fully saturated rings. The van der Waals surface area contributed by atoms with Gasteiger partial charge in [-0.15, -0.1) is 0 Å².